The van der Waals surface area contributed by atoms with Gasteiger partial charge in [0, 0.05) is 30.8 Å². The minimum absolute atomic E-state index is 0.250. The average molecular weight is 609 g/mol. The SMILES string of the molecule is CCC[C@@H]1CC[C@@H](COCC2CCCCC2)N1Cc1ccc(C(=O)N[C@@H](CCSC)C(=O)OC)c(-c2ccccc2C)c1. The number of hydrogen-bond donors (Lipinski definition) is 1. The van der Waals surface area contributed by atoms with Gasteiger partial charge in [0.05, 0.1) is 13.7 Å². The van der Waals surface area contributed by atoms with Crippen molar-refractivity contribution in [1.82, 2.24) is 10.2 Å². The van der Waals surface area contributed by atoms with E-state index in [2.05, 4.69) is 48.3 Å². The molecule has 3 atom stereocenters. The van der Waals surface area contributed by atoms with Gasteiger partial charge < -0.3 is 14.8 Å². The minimum atomic E-state index is -0.678. The van der Waals surface area contributed by atoms with Crippen LogP contribution in [0.5, 0.6) is 0 Å². The molecule has 1 amide bonds. The summed E-state index contributed by atoms with van der Waals surface area (Å²) in [5.41, 5.74) is 4.82. The van der Waals surface area contributed by atoms with Crippen molar-refractivity contribution in [3.8, 4) is 11.1 Å². The summed E-state index contributed by atoms with van der Waals surface area (Å²) in [6.07, 6.45) is 13.9. The van der Waals surface area contributed by atoms with Crippen LogP contribution in [0, 0.1) is 12.8 Å². The number of benzene rings is 2. The van der Waals surface area contributed by atoms with Crippen LogP contribution in [0.25, 0.3) is 11.1 Å². The molecule has 4 rings (SSSR count). The van der Waals surface area contributed by atoms with Crippen molar-refractivity contribution >= 4 is 23.6 Å². The fourth-order valence-corrected chi connectivity index (χ4v) is 7.35. The van der Waals surface area contributed by atoms with Crippen molar-refractivity contribution in [2.75, 3.05) is 32.3 Å². The molecule has 1 aliphatic carbocycles. The minimum Gasteiger partial charge on any atom is -0.467 e. The van der Waals surface area contributed by atoms with Crippen molar-refractivity contribution in [3.63, 3.8) is 0 Å². The molecule has 0 unspecified atom stereocenters. The van der Waals surface area contributed by atoms with Gasteiger partial charge in [-0.2, -0.15) is 11.8 Å². The Morgan fingerprint density at radius 2 is 1.77 bits per heavy atom. The van der Waals surface area contributed by atoms with Crippen LogP contribution < -0.4 is 5.32 Å². The molecule has 1 N–H and O–H groups in total. The largest absolute Gasteiger partial charge is 0.467 e. The lowest BCUT2D eigenvalue weighted by molar-refractivity contribution is -0.142. The molecule has 7 heteroatoms. The molecule has 6 nitrogen and oxygen atoms in total. The van der Waals surface area contributed by atoms with Crippen molar-refractivity contribution in [2.45, 2.75) is 103 Å². The standard InChI is InChI=1S/C36H52N2O4S/c1-5-11-29-17-18-30(25-42-24-27-13-7-6-8-14-27)38(29)23-28-16-19-32(33(22-28)31-15-10-9-12-26(31)2)35(39)37-34(20-21-43-4)36(40)41-3/h9-10,12,15-16,19,22,27,29-30,34H,5-8,11,13-14,17-18,20-21,23-25H2,1-4H3,(H,37,39)/t29-,30+,34+/m1/s1. The van der Waals surface area contributed by atoms with Crippen LogP contribution in [0.3, 0.4) is 0 Å². The highest BCUT2D eigenvalue weighted by Crippen LogP contribution is 2.33. The Morgan fingerprint density at radius 1 is 1.00 bits per heavy atom. The highest BCUT2D eigenvalue weighted by Gasteiger charge is 2.33. The number of esters is 1. The molecule has 2 aromatic rings. The second kappa shape index (κ2) is 17.2. The molecule has 2 aromatic carbocycles. The Morgan fingerprint density at radius 3 is 2.49 bits per heavy atom. The van der Waals surface area contributed by atoms with E-state index >= 15 is 0 Å². The number of amides is 1. The second-order valence-corrected chi connectivity index (χ2v) is 13.4. The normalized spacial score (nSPS) is 20.2. The third-order valence-corrected chi connectivity index (χ3v) is 9.96. The van der Waals surface area contributed by atoms with Gasteiger partial charge in [0.15, 0.2) is 0 Å². The first kappa shape index (κ1) is 33.5. The van der Waals surface area contributed by atoms with Crippen LogP contribution in [0.2, 0.25) is 0 Å². The van der Waals surface area contributed by atoms with E-state index in [0.29, 0.717) is 24.1 Å². The van der Waals surface area contributed by atoms with E-state index in [0.717, 1.165) is 48.1 Å². The Kier molecular flexibility index (Phi) is 13.4. The van der Waals surface area contributed by atoms with E-state index < -0.39 is 12.0 Å². The number of likely N-dealkylation sites (tertiary alicyclic amines) is 1. The molecule has 236 valence electrons. The molecule has 1 aliphatic heterocycles. The van der Waals surface area contributed by atoms with Gasteiger partial charge in [0.1, 0.15) is 6.04 Å². The van der Waals surface area contributed by atoms with Crippen LogP contribution in [0.15, 0.2) is 42.5 Å². The third kappa shape index (κ3) is 9.32. The van der Waals surface area contributed by atoms with Gasteiger partial charge in [-0.1, -0.05) is 62.9 Å². The van der Waals surface area contributed by atoms with Crippen LogP contribution in [-0.2, 0) is 20.8 Å². The quantitative estimate of drug-likeness (QED) is 0.212. The highest BCUT2D eigenvalue weighted by molar-refractivity contribution is 7.98. The third-order valence-electron chi connectivity index (χ3n) is 9.31. The summed E-state index contributed by atoms with van der Waals surface area (Å²) in [4.78, 5) is 28.8. The maximum Gasteiger partial charge on any atom is 0.328 e. The molecule has 1 saturated heterocycles. The van der Waals surface area contributed by atoms with Crippen molar-refractivity contribution < 1.29 is 19.1 Å². The zero-order valence-electron chi connectivity index (χ0n) is 26.7. The molecule has 2 fully saturated rings. The van der Waals surface area contributed by atoms with Crippen molar-refractivity contribution in [2.24, 2.45) is 5.92 Å². The Bertz CT molecular complexity index is 1180. The maximum absolute atomic E-state index is 13.7. The summed E-state index contributed by atoms with van der Waals surface area (Å²) in [7, 11) is 1.37. The number of aryl methyl sites for hydroxylation is 1. The maximum atomic E-state index is 13.7. The number of carbonyl (C=O) groups excluding carboxylic acids is 2. The van der Waals surface area contributed by atoms with Crippen LogP contribution in [0.4, 0.5) is 0 Å². The Balaban J connectivity index is 1.56. The zero-order chi connectivity index (χ0) is 30.6. The molecule has 0 radical (unpaired) electrons. The summed E-state index contributed by atoms with van der Waals surface area (Å²) < 4.78 is 11.4. The number of nitrogens with zero attached hydrogens (tertiary/aromatic N) is 1. The van der Waals surface area contributed by atoms with Gasteiger partial charge in [0.2, 0.25) is 0 Å². The second-order valence-electron chi connectivity index (χ2n) is 12.4. The van der Waals surface area contributed by atoms with Crippen molar-refractivity contribution in [3.05, 3.63) is 59.2 Å². The lowest BCUT2D eigenvalue weighted by atomic mass is 9.90. The fraction of sp³-hybridized carbons (Fsp3) is 0.611. The molecular formula is C36H52N2O4S. The van der Waals surface area contributed by atoms with Crippen molar-refractivity contribution in [1.29, 1.82) is 0 Å². The van der Waals surface area contributed by atoms with Crippen LogP contribution in [0.1, 0.15) is 92.6 Å². The molecule has 0 aromatic heterocycles. The molecule has 0 bridgehead atoms. The van der Waals surface area contributed by atoms with E-state index in [9.17, 15) is 9.59 Å². The summed E-state index contributed by atoms with van der Waals surface area (Å²) in [5, 5.41) is 2.97. The lowest BCUT2D eigenvalue weighted by Gasteiger charge is -2.31. The molecule has 43 heavy (non-hydrogen) atoms. The van der Waals surface area contributed by atoms with E-state index in [4.69, 9.17) is 9.47 Å². The summed E-state index contributed by atoms with van der Waals surface area (Å²) >= 11 is 1.64. The Hall–Kier alpha value is -2.35. The number of nitrogens with one attached hydrogen (secondary N) is 1. The zero-order valence-corrected chi connectivity index (χ0v) is 27.6. The summed E-state index contributed by atoms with van der Waals surface area (Å²) in [5.74, 6) is 0.818. The number of hydrogen-bond acceptors (Lipinski definition) is 6. The van der Waals surface area contributed by atoms with E-state index in [1.165, 1.54) is 70.5 Å². The Labute approximate surface area is 263 Å². The molecule has 1 heterocycles. The summed E-state index contributed by atoms with van der Waals surface area (Å²) in [6.45, 7) is 6.88. The van der Waals surface area contributed by atoms with Gasteiger partial charge in [0.25, 0.3) is 5.91 Å². The van der Waals surface area contributed by atoms with Gasteiger partial charge in [-0.3, -0.25) is 9.69 Å². The predicted molar refractivity (Wildman–Crippen MR) is 178 cm³/mol. The van der Waals surface area contributed by atoms with Crippen LogP contribution in [-0.4, -0.2) is 67.2 Å². The lowest BCUT2D eigenvalue weighted by Crippen LogP contribution is -2.42. The van der Waals surface area contributed by atoms with Gasteiger partial charge in [-0.25, -0.2) is 4.79 Å². The van der Waals surface area contributed by atoms with Gasteiger partial charge >= 0.3 is 5.97 Å². The monoisotopic (exact) mass is 608 g/mol. The molecular weight excluding hydrogens is 556 g/mol. The number of carbonyl (C=O) groups is 2. The summed E-state index contributed by atoms with van der Waals surface area (Å²) in [6, 6.07) is 14.7. The molecule has 1 saturated carbocycles. The van der Waals surface area contributed by atoms with E-state index in [1.807, 2.05) is 24.5 Å². The number of methoxy groups -OCH3 is 1. The van der Waals surface area contributed by atoms with E-state index in [1.54, 1.807) is 11.8 Å². The van der Waals surface area contributed by atoms with Gasteiger partial charge in [-0.15, -0.1) is 0 Å². The van der Waals surface area contributed by atoms with Crippen LogP contribution >= 0.6 is 11.8 Å². The fourth-order valence-electron chi connectivity index (χ4n) is 6.88. The van der Waals surface area contributed by atoms with Gasteiger partial charge in [-0.05, 0) is 97.8 Å². The number of thioether (sulfide) groups is 1. The number of ether oxygens (including phenoxy) is 2. The first-order chi connectivity index (χ1) is 20.9. The molecule has 0 spiro atoms. The smallest absolute Gasteiger partial charge is 0.328 e. The predicted octanol–water partition coefficient (Wildman–Crippen LogP) is 7.42. The number of rotatable bonds is 15. The highest BCUT2D eigenvalue weighted by atomic mass is 32.2. The van der Waals surface area contributed by atoms with E-state index in [-0.39, 0.29) is 5.91 Å². The molecule has 2 aliphatic rings. The first-order valence-corrected chi connectivity index (χ1v) is 17.7. The first-order valence-electron chi connectivity index (χ1n) is 16.3. The average Bonchev–Trinajstić information content (AvgIpc) is 3.40. The topological polar surface area (TPSA) is 67.9 Å².